The van der Waals surface area contributed by atoms with Crippen LogP contribution in [-0.2, 0) is 21.4 Å². The first-order valence-corrected chi connectivity index (χ1v) is 13.7. The Labute approximate surface area is 211 Å². The van der Waals surface area contributed by atoms with Crippen LogP contribution in [0.15, 0.2) is 42.5 Å². The van der Waals surface area contributed by atoms with Gasteiger partial charge in [0.2, 0.25) is 15.9 Å². The summed E-state index contributed by atoms with van der Waals surface area (Å²) in [5, 5.41) is 0.439. The number of sulfonamides is 1. The number of anilines is 1. The first kappa shape index (κ1) is 25.6. The van der Waals surface area contributed by atoms with E-state index in [4.69, 9.17) is 11.6 Å². The molecule has 2 aromatic carbocycles. The predicted molar refractivity (Wildman–Crippen MR) is 137 cm³/mol. The summed E-state index contributed by atoms with van der Waals surface area (Å²) in [6.45, 7) is 5.50. The molecule has 1 amide bonds. The van der Waals surface area contributed by atoms with Gasteiger partial charge in [0.15, 0.2) is 0 Å². The van der Waals surface area contributed by atoms with Crippen molar-refractivity contribution in [1.82, 2.24) is 14.7 Å². The van der Waals surface area contributed by atoms with E-state index in [9.17, 15) is 17.6 Å². The van der Waals surface area contributed by atoms with Crippen LogP contribution in [0.4, 0.5) is 10.1 Å². The molecule has 2 aromatic rings. The van der Waals surface area contributed by atoms with E-state index in [2.05, 4.69) is 21.6 Å². The Morgan fingerprint density at radius 2 is 1.77 bits per heavy atom. The van der Waals surface area contributed by atoms with E-state index in [0.29, 0.717) is 22.8 Å². The average molecular weight is 521 g/mol. The standard InChI is InChI=1S/C25H30ClFN4O3S/c1-17-10-19(24(11-23(17)26)28-35(3,33)34)6-9-25(32)31-21-13-29(2)14-22(31)16-30(15-21)12-18-4-7-20(27)8-5-18/h4-11,21-22,28H,12-16H2,1-3H3. The number of halogens is 2. The molecule has 1 N–H and O–H groups in total. The Morgan fingerprint density at radius 1 is 1.14 bits per heavy atom. The Morgan fingerprint density at radius 3 is 2.37 bits per heavy atom. The van der Waals surface area contributed by atoms with E-state index >= 15 is 0 Å². The van der Waals surface area contributed by atoms with Crippen molar-refractivity contribution in [1.29, 1.82) is 0 Å². The molecule has 2 aliphatic heterocycles. The summed E-state index contributed by atoms with van der Waals surface area (Å²) in [4.78, 5) is 19.9. The van der Waals surface area contributed by atoms with Crippen molar-refractivity contribution < 1.29 is 17.6 Å². The van der Waals surface area contributed by atoms with Crippen LogP contribution in [-0.4, -0.2) is 80.6 Å². The van der Waals surface area contributed by atoms with Gasteiger partial charge < -0.3 is 9.80 Å². The van der Waals surface area contributed by atoms with Gasteiger partial charge in [-0.05, 0) is 61.0 Å². The summed E-state index contributed by atoms with van der Waals surface area (Å²) >= 11 is 6.19. The third-order valence-electron chi connectivity index (χ3n) is 6.38. The molecular formula is C25H30ClFN4O3S. The van der Waals surface area contributed by atoms with E-state index in [-0.39, 0.29) is 23.8 Å². The lowest BCUT2D eigenvalue weighted by Gasteiger charge is -2.52. The summed E-state index contributed by atoms with van der Waals surface area (Å²) in [5.74, 6) is -0.354. The van der Waals surface area contributed by atoms with Crippen molar-refractivity contribution in [2.75, 3.05) is 44.2 Å². The number of nitrogens with one attached hydrogen (secondary N) is 1. The van der Waals surface area contributed by atoms with Crippen LogP contribution in [0.25, 0.3) is 6.08 Å². The van der Waals surface area contributed by atoms with Gasteiger partial charge >= 0.3 is 0 Å². The lowest BCUT2D eigenvalue weighted by molar-refractivity contribution is -0.140. The lowest BCUT2D eigenvalue weighted by Crippen LogP contribution is -2.68. The van der Waals surface area contributed by atoms with Crippen LogP contribution in [0.3, 0.4) is 0 Å². The van der Waals surface area contributed by atoms with Gasteiger partial charge in [0.05, 0.1) is 24.0 Å². The second kappa shape index (κ2) is 10.3. The topological polar surface area (TPSA) is 73.0 Å². The number of likely N-dealkylation sites (N-methyl/N-ethyl adjacent to an activating group) is 1. The average Bonchev–Trinajstić information content (AvgIpc) is 2.74. The summed E-state index contributed by atoms with van der Waals surface area (Å²) in [7, 11) is -1.45. The van der Waals surface area contributed by atoms with Crippen molar-refractivity contribution >= 4 is 39.3 Å². The zero-order valence-corrected chi connectivity index (χ0v) is 21.6. The number of rotatable bonds is 6. The first-order valence-electron chi connectivity index (χ1n) is 11.4. The van der Waals surface area contributed by atoms with Crippen molar-refractivity contribution in [3.63, 3.8) is 0 Å². The van der Waals surface area contributed by atoms with E-state index in [0.717, 1.165) is 43.6 Å². The predicted octanol–water partition coefficient (Wildman–Crippen LogP) is 3.20. The van der Waals surface area contributed by atoms with E-state index in [1.54, 1.807) is 30.3 Å². The lowest BCUT2D eigenvalue weighted by atomic mass is 9.99. The summed E-state index contributed by atoms with van der Waals surface area (Å²) < 4.78 is 39.3. The number of carbonyl (C=O) groups is 1. The molecule has 2 saturated heterocycles. The van der Waals surface area contributed by atoms with E-state index in [1.807, 2.05) is 11.8 Å². The number of aryl methyl sites for hydroxylation is 1. The Balaban J connectivity index is 1.52. The van der Waals surface area contributed by atoms with Crippen molar-refractivity contribution in [2.45, 2.75) is 25.6 Å². The van der Waals surface area contributed by atoms with Gasteiger partial charge in [-0.1, -0.05) is 23.7 Å². The molecule has 0 saturated carbocycles. The molecule has 2 bridgehead atoms. The first-order chi connectivity index (χ1) is 16.5. The minimum Gasteiger partial charge on any atom is -0.328 e. The van der Waals surface area contributed by atoms with Crippen LogP contribution in [0.1, 0.15) is 16.7 Å². The maximum Gasteiger partial charge on any atom is 0.247 e. The highest BCUT2D eigenvalue weighted by Crippen LogP contribution is 2.28. The van der Waals surface area contributed by atoms with Crippen LogP contribution >= 0.6 is 11.6 Å². The van der Waals surface area contributed by atoms with Gasteiger partial charge in [-0.2, -0.15) is 0 Å². The highest BCUT2D eigenvalue weighted by atomic mass is 35.5. The largest absolute Gasteiger partial charge is 0.328 e. The third kappa shape index (κ3) is 6.41. The fourth-order valence-corrected chi connectivity index (χ4v) is 5.68. The molecule has 10 heteroatoms. The number of nitrogens with zero attached hydrogens (tertiary/aromatic N) is 3. The van der Waals surface area contributed by atoms with Gasteiger partial charge in [0, 0.05) is 43.8 Å². The van der Waals surface area contributed by atoms with Crippen molar-refractivity contribution in [2.24, 2.45) is 0 Å². The molecule has 7 nitrogen and oxygen atoms in total. The fraction of sp³-hybridized carbons (Fsp3) is 0.400. The molecule has 2 unspecified atom stereocenters. The Kier molecular flexibility index (Phi) is 7.51. The SMILES string of the molecule is Cc1cc(C=CC(=O)N2C3CN(C)CC2CN(Cc2ccc(F)cc2)C3)c(NS(C)(=O)=O)cc1Cl. The number of benzene rings is 2. The second-order valence-electron chi connectivity index (χ2n) is 9.49. The highest BCUT2D eigenvalue weighted by molar-refractivity contribution is 7.92. The number of piperazine rings is 2. The third-order valence-corrected chi connectivity index (χ3v) is 7.37. The molecule has 35 heavy (non-hydrogen) atoms. The molecule has 4 rings (SSSR count). The van der Waals surface area contributed by atoms with Crippen LogP contribution in [0.5, 0.6) is 0 Å². The molecule has 2 fully saturated rings. The molecular weight excluding hydrogens is 491 g/mol. The van der Waals surface area contributed by atoms with Crippen molar-refractivity contribution in [3.8, 4) is 0 Å². The van der Waals surface area contributed by atoms with Crippen LogP contribution in [0.2, 0.25) is 5.02 Å². The number of hydrogen-bond acceptors (Lipinski definition) is 5. The minimum atomic E-state index is -3.51. The summed E-state index contributed by atoms with van der Waals surface area (Å²) in [6.07, 6.45) is 4.23. The molecule has 188 valence electrons. The van der Waals surface area contributed by atoms with Gasteiger partial charge in [-0.15, -0.1) is 0 Å². The zero-order valence-electron chi connectivity index (χ0n) is 20.0. The van der Waals surface area contributed by atoms with Gasteiger partial charge in [0.1, 0.15) is 5.82 Å². The summed E-state index contributed by atoms with van der Waals surface area (Å²) in [5.41, 5.74) is 2.73. The highest BCUT2D eigenvalue weighted by Gasteiger charge is 2.41. The Hall–Kier alpha value is -2.46. The number of amides is 1. The molecule has 2 atom stereocenters. The molecule has 0 radical (unpaired) electrons. The van der Waals surface area contributed by atoms with Gasteiger partial charge in [0.25, 0.3) is 0 Å². The number of fused-ring (bicyclic) bond motifs is 2. The molecule has 2 heterocycles. The molecule has 0 aliphatic carbocycles. The monoisotopic (exact) mass is 520 g/mol. The fourth-order valence-electron chi connectivity index (χ4n) is 4.94. The maximum absolute atomic E-state index is 13.3. The second-order valence-corrected chi connectivity index (χ2v) is 11.6. The normalized spacial score (nSPS) is 21.5. The van der Waals surface area contributed by atoms with Gasteiger partial charge in [-0.3, -0.25) is 14.4 Å². The summed E-state index contributed by atoms with van der Waals surface area (Å²) in [6, 6.07) is 9.90. The van der Waals surface area contributed by atoms with Crippen molar-refractivity contribution in [3.05, 3.63) is 70.0 Å². The van der Waals surface area contributed by atoms with Crippen LogP contribution < -0.4 is 4.72 Å². The Bertz CT molecular complexity index is 1220. The molecule has 2 aliphatic rings. The molecule has 0 aromatic heterocycles. The molecule has 0 spiro atoms. The maximum atomic E-state index is 13.3. The minimum absolute atomic E-state index is 0.0191. The van der Waals surface area contributed by atoms with E-state index in [1.165, 1.54) is 18.2 Å². The quantitative estimate of drug-likeness (QED) is 0.592. The number of carbonyl (C=O) groups excluding carboxylic acids is 1. The number of hydrogen-bond donors (Lipinski definition) is 1. The smallest absolute Gasteiger partial charge is 0.247 e. The zero-order chi connectivity index (χ0) is 25.3. The van der Waals surface area contributed by atoms with Crippen LogP contribution in [0, 0.1) is 12.7 Å². The van der Waals surface area contributed by atoms with E-state index < -0.39 is 10.0 Å². The van der Waals surface area contributed by atoms with Gasteiger partial charge in [-0.25, -0.2) is 12.8 Å².